The molecule has 1 aromatic rings. The molecule has 1 rings (SSSR count). The highest BCUT2D eigenvalue weighted by Gasteiger charge is 2.41. The maximum Gasteiger partial charge on any atom is 0.329 e. The van der Waals surface area contributed by atoms with Gasteiger partial charge < -0.3 is 9.64 Å². The lowest BCUT2D eigenvalue weighted by Crippen LogP contribution is -2.53. The molecule has 0 aliphatic heterocycles. The number of benzene rings is 1. The maximum atomic E-state index is 12.1. The minimum atomic E-state index is -0.655. The van der Waals surface area contributed by atoms with Gasteiger partial charge >= 0.3 is 5.97 Å². The van der Waals surface area contributed by atoms with Crippen LogP contribution >= 0.6 is 0 Å². The third-order valence-corrected chi connectivity index (χ3v) is 3.51. The maximum absolute atomic E-state index is 12.1. The molecule has 0 aliphatic carbocycles. The van der Waals surface area contributed by atoms with Crippen molar-refractivity contribution in [3.05, 3.63) is 35.9 Å². The molecule has 0 spiro atoms. The molecule has 102 valence electrons. The van der Waals surface area contributed by atoms with Crippen molar-refractivity contribution in [1.82, 2.24) is 4.90 Å². The highest BCUT2D eigenvalue weighted by atomic mass is 16.5. The Morgan fingerprint density at radius 1 is 1.26 bits per heavy atom. The van der Waals surface area contributed by atoms with Gasteiger partial charge in [-0.05, 0) is 5.56 Å². The van der Waals surface area contributed by atoms with E-state index in [9.17, 15) is 9.59 Å². The van der Waals surface area contributed by atoms with Gasteiger partial charge in [0.2, 0.25) is 7.85 Å². The summed E-state index contributed by atoms with van der Waals surface area (Å²) in [6, 6.07) is 8.99. The fraction of sp³-hybridized carbons (Fsp3) is 0.429. The molecule has 5 heteroatoms. The van der Waals surface area contributed by atoms with E-state index in [0.717, 1.165) is 5.56 Å². The minimum absolute atomic E-state index is 0.167. The lowest BCUT2D eigenvalue weighted by molar-refractivity contribution is -0.147. The summed E-state index contributed by atoms with van der Waals surface area (Å²) in [5.41, 5.74) is 0.452. The van der Waals surface area contributed by atoms with Gasteiger partial charge in [-0.3, -0.25) is 4.79 Å². The predicted octanol–water partition coefficient (Wildman–Crippen LogP) is 1.19. The molecular formula is C14H20BNO3. The first-order chi connectivity index (χ1) is 8.82. The first-order valence-corrected chi connectivity index (χ1v) is 6.19. The van der Waals surface area contributed by atoms with E-state index in [4.69, 9.17) is 4.74 Å². The second-order valence-corrected chi connectivity index (χ2v) is 5.14. The van der Waals surface area contributed by atoms with Crippen molar-refractivity contribution in [2.75, 3.05) is 14.2 Å². The molecule has 0 saturated carbocycles. The van der Waals surface area contributed by atoms with E-state index in [2.05, 4.69) is 0 Å². The number of carbonyl (C=O) groups is 2. The lowest BCUT2D eigenvalue weighted by atomic mass is 9.76. The van der Waals surface area contributed by atoms with Gasteiger partial charge in [0.05, 0.1) is 7.11 Å². The third-order valence-electron chi connectivity index (χ3n) is 3.51. The van der Waals surface area contributed by atoms with E-state index in [1.54, 1.807) is 7.05 Å². The lowest BCUT2D eigenvalue weighted by Gasteiger charge is -2.38. The fourth-order valence-corrected chi connectivity index (χ4v) is 2.26. The number of amides is 1. The van der Waals surface area contributed by atoms with Crippen LogP contribution in [-0.2, 0) is 14.9 Å². The summed E-state index contributed by atoms with van der Waals surface area (Å²) in [5, 5.41) is 0. The van der Waals surface area contributed by atoms with Crippen molar-refractivity contribution in [3.63, 3.8) is 0 Å². The molecule has 0 aromatic heterocycles. The van der Waals surface area contributed by atoms with Crippen LogP contribution < -0.4 is 0 Å². The molecule has 0 N–H and O–H groups in total. The van der Waals surface area contributed by atoms with E-state index >= 15 is 0 Å². The summed E-state index contributed by atoms with van der Waals surface area (Å²) in [7, 11) is 4.40. The van der Waals surface area contributed by atoms with Crippen LogP contribution in [0.3, 0.4) is 0 Å². The SMILES string of the molecule is BC(=O)N(C)[C@H](C(=O)OC)C(C)(C)c1ccccc1. The molecule has 0 bridgehead atoms. The van der Waals surface area contributed by atoms with Crippen LogP contribution in [0, 0.1) is 0 Å². The molecule has 0 saturated heterocycles. The van der Waals surface area contributed by atoms with E-state index in [1.165, 1.54) is 19.9 Å². The van der Waals surface area contributed by atoms with Gasteiger partial charge in [-0.15, -0.1) is 0 Å². The highest BCUT2D eigenvalue weighted by Crippen LogP contribution is 2.30. The Morgan fingerprint density at radius 3 is 2.21 bits per heavy atom. The quantitative estimate of drug-likeness (QED) is 0.604. The number of carbonyl (C=O) groups excluding carboxylic acids is 2. The van der Waals surface area contributed by atoms with Crippen LogP contribution in [0.15, 0.2) is 30.3 Å². The zero-order valence-corrected chi connectivity index (χ0v) is 12.1. The normalized spacial score (nSPS) is 12.6. The second kappa shape index (κ2) is 5.91. The fourth-order valence-electron chi connectivity index (χ4n) is 2.26. The second-order valence-electron chi connectivity index (χ2n) is 5.14. The Morgan fingerprint density at radius 2 is 1.79 bits per heavy atom. The molecule has 4 nitrogen and oxygen atoms in total. The number of rotatable bonds is 4. The van der Waals surface area contributed by atoms with Crippen molar-refractivity contribution in [2.24, 2.45) is 0 Å². The number of ether oxygens (including phenoxy) is 1. The number of hydrogen-bond acceptors (Lipinski definition) is 3. The number of hydrogen-bond donors (Lipinski definition) is 0. The molecule has 19 heavy (non-hydrogen) atoms. The Balaban J connectivity index is 3.24. The smallest absolute Gasteiger partial charge is 0.329 e. The van der Waals surface area contributed by atoms with Gasteiger partial charge in [0.25, 0.3) is 0 Å². The van der Waals surface area contributed by atoms with Crippen molar-refractivity contribution >= 4 is 19.6 Å². The summed E-state index contributed by atoms with van der Waals surface area (Å²) in [6.45, 7) is 3.87. The molecule has 1 aromatic carbocycles. The van der Waals surface area contributed by atoms with Crippen molar-refractivity contribution < 1.29 is 14.3 Å². The van der Waals surface area contributed by atoms with Crippen LogP contribution in [0.1, 0.15) is 19.4 Å². The monoisotopic (exact) mass is 261 g/mol. The summed E-state index contributed by atoms with van der Waals surface area (Å²) in [6.07, 6.45) is 0. The standard InChI is InChI=1S/C14H20BNO3/c1-14(2,10-8-6-5-7-9-10)11(12(17)19-4)16(3)13(15)18/h5-9,11H,15H2,1-4H3/t11-/m1/s1. The van der Waals surface area contributed by atoms with Crippen molar-refractivity contribution in [2.45, 2.75) is 25.3 Å². The molecule has 0 heterocycles. The van der Waals surface area contributed by atoms with Crippen LogP contribution in [0.5, 0.6) is 0 Å². The first-order valence-electron chi connectivity index (χ1n) is 6.19. The highest BCUT2D eigenvalue weighted by molar-refractivity contribution is 6.57. The number of nitrogens with zero attached hydrogens (tertiary/aromatic N) is 1. The van der Waals surface area contributed by atoms with Crippen molar-refractivity contribution in [1.29, 1.82) is 0 Å². The zero-order valence-electron chi connectivity index (χ0n) is 12.1. The zero-order chi connectivity index (χ0) is 14.6. The van der Waals surface area contributed by atoms with Crippen LogP contribution in [0.2, 0.25) is 0 Å². The number of methoxy groups -OCH3 is 1. The van der Waals surface area contributed by atoms with Gasteiger partial charge in [0, 0.05) is 12.5 Å². The average Bonchev–Trinajstić information content (AvgIpc) is 2.39. The predicted molar refractivity (Wildman–Crippen MR) is 77.0 cm³/mol. The van der Waals surface area contributed by atoms with E-state index in [1.807, 2.05) is 44.2 Å². The Labute approximate surface area is 115 Å². The van der Waals surface area contributed by atoms with Crippen molar-refractivity contribution in [3.8, 4) is 0 Å². The van der Waals surface area contributed by atoms with Gasteiger partial charge in [-0.25, -0.2) is 4.79 Å². The average molecular weight is 261 g/mol. The summed E-state index contributed by atoms with van der Waals surface area (Å²) in [5.74, 6) is -0.578. The van der Waals surface area contributed by atoms with Gasteiger partial charge in [-0.2, -0.15) is 0 Å². The van der Waals surface area contributed by atoms with Gasteiger partial charge in [0.1, 0.15) is 6.04 Å². The summed E-state index contributed by atoms with van der Waals surface area (Å²) < 4.78 is 4.86. The molecule has 0 unspecified atom stereocenters. The number of likely N-dealkylation sites (N-methyl/N-ethyl adjacent to an activating group) is 1. The van der Waals surface area contributed by atoms with Crippen LogP contribution in [-0.4, -0.2) is 44.7 Å². The molecule has 0 fully saturated rings. The molecule has 0 radical (unpaired) electrons. The van der Waals surface area contributed by atoms with Gasteiger partial charge in [0.15, 0.2) is 5.81 Å². The third kappa shape index (κ3) is 3.16. The molecule has 0 aliphatic rings. The number of esters is 1. The van der Waals surface area contributed by atoms with E-state index < -0.39 is 17.4 Å². The van der Waals surface area contributed by atoms with E-state index in [0.29, 0.717) is 0 Å². The molecular weight excluding hydrogens is 241 g/mol. The van der Waals surface area contributed by atoms with Crippen LogP contribution in [0.25, 0.3) is 0 Å². The largest absolute Gasteiger partial charge is 0.467 e. The molecule has 1 amide bonds. The van der Waals surface area contributed by atoms with Gasteiger partial charge in [-0.1, -0.05) is 44.2 Å². The summed E-state index contributed by atoms with van der Waals surface area (Å²) in [4.78, 5) is 25.1. The topological polar surface area (TPSA) is 46.6 Å². The Bertz CT molecular complexity index is 459. The first kappa shape index (κ1) is 15.3. The Kier molecular flexibility index (Phi) is 4.75. The van der Waals surface area contributed by atoms with E-state index in [-0.39, 0.29) is 5.81 Å². The Hall–Kier alpha value is -1.78. The molecule has 1 atom stereocenters. The van der Waals surface area contributed by atoms with Crippen LogP contribution in [0.4, 0.5) is 4.79 Å². The summed E-state index contributed by atoms with van der Waals surface area (Å²) >= 11 is 0. The minimum Gasteiger partial charge on any atom is -0.467 e.